The standard InChI is InChI=1S/C15H13BrFNOS/c16-14-8-7-13(20-14)15(19)18(11-5-6-11)9-10-3-1-2-4-12(10)17/h1-4,7-8,11H,5-6,9H2. The number of thiophene rings is 1. The highest BCUT2D eigenvalue weighted by atomic mass is 79.9. The van der Waals surface area contributed by atoms with E-state index < -0.39 is 0 Å². The molecule has 1 heterocycles. The molecule has 0 spiro atoms. The number of rotatable bonds is 4. The lowest BCUT2D eigenvalue weighted by Gasteiger charge is -2.22. The zero-order valence-electron chi connectivity index (χ0n) is 10.7. The number of hydrogen-bond donors (Lipinski definition) is 0. The summed E-state index contributed by atoms with van der Waals surface area (Å²) in [4.78, 5) is 15.0. The molecule has 1 aliphatic rings. The van der Waals surface area contributed by atoms with Gasteiger partial charge in [-0.05, 0) is 47.0 Å². The second-order valence-electron chi connectivity index (χ2n) is 4.86. The third-order valence-corrected chi connectivity index (χ3v) is 4.94. The van der Waals surface area contributed by atoms with E-state index in [4.69, 9.17) is 0 Å². The molecule has 1 aromatic carbocycles. The first-order valence-corrected chi connectivity index (χ1v) is 8.06. The Balaban J connectivity index is 1.83. The Bertz CT molecular complexity index is 638. The Labute approximate surface area is 129 Å². The molecule has 1 aromatic heterocycles. The SMILES string of the molecule is O=C(c1ccc(Br)s1)N(Cc1ccccc1F)C1CC1. The van der Waals surface area contributed by atoms with Crippen LogP contribution < -0.4 is 0 Å². The summed E-state index contributed by atoms with van der Waals surface area (Å²) in [5.41, 5.74) is 0.573. The van der Waals surface area contributed by atoms with Gasteiger partial charge in [0, 0.05) is 18.2 Å². The van der Waals surface area contributed by atoms with Gasteiger partial charge in [0.1, 0.15) is 5.82 Å². The van der Waals surface area contributed by atoms with Crippen LogP contribution in [0, 0.1) is 5.82 Å². The largest absolute Gasteiger partial charge is 0.331 e. The smallest absolute Gasteiger partial charge is 0.264 e. The van der Waals surface area contributed by atoms with Crippen molar-refractivity contribution >= 4 is 33.2 Å². The van der Waals surface area contributed by atoms with Crippen molar-refractivity contribution in [1.29, 1.82) is 0 Å². The molecular weight excluding hydrogens is 341 g/mol. The molecule has 0 saturated heterocycles. The van der Waals surface area contributed by atoms with Crippen molar-refractivity contribution in [3.63, 3.8) is 0 Å². The van der Waals surface area contributed by atoms with E-state index >= 15 is 0 Å². The van der Waals surface area contributed by atoms with Gasteiger partial charge >= 0.3 is 0 Å². The average molecular weight is 354 g/mol. The van der Waals surface area contributed by atoms with Crippen molar-refractivity contribution in [2.24, 2.45) is 0 Å². The monoisotopic (exact) mass is 353 g/mol. The van der Waals surface area contributed by atoms with E-state index in [2.05, 4.69) is 15.9 Å². The summed E-state index contributed by atoms with van der Waals surface area (Å²) in [6.45, 7) is 0.339. The van der Waals surface area contributed by atoms with E-state index in [1.807, 2.05) is 12.1 Å². The number of carbonyl (C=O) groups is 1. The lowest BCUT2D eigenvalue weighted by Crippen LogP contribution is -2.32. The van der Waals surface area contributed by atoms with E-state index in [1.54, 1.807) is 23.1 Å². The second-order valence-corrected chi connectivity index (χ2v) is 7.32. The average Bonchev–Trinajstić information content (AvgIpc) is 3.18. The molecule has 1 aliphatic carbocycles. The molecule has 104 valence electrons. The van der Waals surface area contributed by atoms with Crippen molar-refractivity contribution in [2.75, 3.05) is 0 Å². The number of amides is 1. The molecule has 0 N–H and O–H groups in total. The highest BCUT2D eigenvalue weighted by molar-refractivity contribution is 9.11. The van der Waals surface area contributed by atoms with E-state index in [0.717, 1.165) is 16.6 Å². The van der Waals surface area contributed by atoms with Crippen LogP contribution in [-0.4, -0.2) is 16.8 Å². The maximum atomic E-state index is 13.8. The van der Waals surface area contributed by atoms with Crippen molar-refractivity contribution in [3.05, 3.63) is 56.4 Å². The lowest BCUT2D eigenvalue weighted by atomic mass is 10.2. The molecule has 1 fully saturated rings. The van der Waals surface area contributed by atoms with Gasteiger partial charge in [-0.15, -0.1) is 11.3 Å². The highest BCUT2D eigenvalue weighted by Crippen LogP contribution is 2.32. The van der Waals surface area contributed by atoms with Crippen LogP contribution >= 0.6 is 27.3 Å². The molecule has 5 heteroatoms. The molecule has 0 unspecified atom stereocenters. The van der Waals surface area contributed by atoms with E-state index in [-0.39, 0.29) is 17.8 Å². The van der Waals surface area contributed by atoms with Gasteiger partial charge in [-0.1, -0.05) is 18.2 Å². The van der Waals surface area contributed by atoms with Crippen LogP contribution in [-0.2, 0) is 6.54 Å². The van der Waals surface area contributed by atoms with Gasteiger partial charge in [-0.3, -0.25) is 4.79 Å². The van der Waals surface area contributed by atoms with E-state index in [9.17, 15) is 9.18 Å². The summed E-state index contributed by atoms with van der Waals surface area (Å²) in [5.74, 6) is -0.259. The zero-order valence-corrected chi connectivity index (χ0v) is 13.1. The molecule has 0 radical (unpaired) electrons. The molecule has 0 bridgehead atoms. The van der Waals surface area contributed by atoms with Crippen LogP contribution in [0.4, 0.5) is 4.39 Å². The lowest BCUT2D eigenvalue weighted by molar-refractivity contribution is 0.0733. The Hall–Kier alpha value is -1.20. The third kappa shape index (κ3) is 2.94. The minimum Gasteiger partial charge on any atom is -0.331 e. The Morgan fingerprint density at radius 2 is 2.05 bits per heavy atom. The molecule has 1 saturated carbocycles. The fourth-order valence-corrected chi connectivity index (χ4v) is 3.48. The van der Waals surface area contributed by atoms with Gasteiger partial charge in [-0.2, -0.15) is 0 Å². The second kappa shape index (κ2) is 5.66. The first kappa shape index (κ1) is 13.8. The molecule has 0 aliphatic heterocycles. The Kier molecular flexibility index (Phi) is 3.89. The minimum atomic E-state index is -0.252. The summed E-state index contributed by atoms with van der Waals surface area (Å²) < 4.78 is 14.7. The molecule has 3 rings (SSSR count). The number of halogens is 2. The third-order valence-electron chi connectivity index (χ3n) is 3.33. The number of benzene rings is 1. The van der Waals surface area contributed by atoms with Gasteiger partial charge in [-0.25, -0.2) is 4.39 Å². The zero-order chi connectivity index (χ0) is 14.1. The fourth-order valence-electron chi connectivity index (χ4n) is 2.13. The summed E-state index contributed by atoms with van der Waals surface area (Å²) in [5, 5.41) is 0. The summed E-state index contributed by atoms with van der Waals surface area (Å²) in [6, 6.07) is 10.6. The molecule has 20 heavy (non-hydrogen) atoms. The van der Waals surface area contributed by atoms with Gasteiger partial charge in [0.15, 0.2) is 0 Å². The van der Waals surface area contributed by atoms with E-state index in [0.29, 0.717) is 17.0 Å². The number of nitrogens with zero attached hydrogens (tertiary/aromatic N) is 1. The van der Waals surface area contributed by atoms with Crippen molar-refractivity contribution in [2.45, 2.75) is 25.4 Å². The Morgan fingerprint density at radius 3 is 2.65 bits per heavy atom. The fraction of sp³-hybridized carbons (Fsp3) is 0.267. The van der Waals surface area contributed by atoms with Gasteiger partial charge in [0.05, 0.1) is 8.66 Å². The molecule has 0 atom stereocenters. The van der Waals surface area contributed by atoms with Crippen molar-refractivity contribution in [1.82, 2.24) is 4.90 Å². The number of hydrogen-bond acceptors (Lipinski definition) is 2. The Morgan fingerprint density at radius 1 is 1.30 bits per heavy atom. The maximum Gasteiger partial charge on any atom is 0.264 e. The predicted molar refractivity (Wildman–Crippen MR) is 81.3 cm³/mol. The summed E-state index contributed by atoms with van der Waals surface area (Å²) in [7, 11) is 0. The van der Waals surface area contributed by atoms with Crippen LogP contribution in [0.15, 0.2) is 40.2 Å². The normalized spacial score (nSPS) is 14.3. The topological polar surface area (TPSA) is 20.3 Å². The van der Waals surface area contributed by atoms with Gasteiger partial charge in [0.2, 0.25) is 0 Å². The first-order valence-electron chi connectivity index (χ1n) is 6.45. The molecule has 2 nitrogen and oxygen atoms in total. The van der Waals surface area contributed by atoms with Crippen LogP contribution in [0.5, 0.6) is 0 Å². The van der Waals surface area contributed by atoms with Gasteiger partial charge < -0.3 is 4.90 Å². The van der Waals surface area contributed by atoms with E-state index in [1.165, 1.54) is 17.4 Å². The summed E-state index contributed by atoms with van der Waals surface area (Å²) in [6.07, 6.45) is 2.01. The summed E-state index contributed by atoms with van der Waals surface area (Å²) >= 11 is 4.78. The van der Waals surface area contributed by atoms with Crippen LogP contribution in [0.25, 0.3) is 0 Å². The molecule has 1 amide bonds. The quantitative estimate of drug-likeness (QED) is 0.794. The van der Waals surface area contributed by atoms with Crippen LogP contribution in [0.1, 0.15) is 28.1 Å². The van der Waals surface area contributed by atoms with Crippen LogP contribution in [0.2, 0.25) is 0 Å². The molecule has 2 aromatic rings. The molecular formula is C15H13BrFNOS. The number of carbonyl (C=O) groups excluding carboxylic acids is 1. The highest BCUT2D eigenvalue weighted by Gasteiger charge is 2.34. The van der Waals surface area contributed by atoms with Crippen molar-refractivity contribution in [3.8, 4) is 0 Å². The van der Waals surface area contributed by atoms with Crippen molar-refractivity contribution < 1.29 is 9.18 Å². The maximum absolute atomic E-state index is 13.8. The predicted octanol–water partition coefficient (Wildman–Crippen LogP) is 4.45. The first-order chi connectivity index (χ1) is 9.65. The minimum absolute atomic E-state index is 0.00791. The van der Waals surface area contributed by atoms with Crippen LogP contribution in [0.3, 0.4) is 0 Å². The van der Waals surface area contributed by atoms with Gasteiger partial charge in [0.25, 0.3) is 5.91 Å².